The molecule has 0 saturated carbocycles. The Balaban J connectivity index is 2.37. The molecule has 0 saturated heterocycles. The first kappa shape index (κ1) is 10.6. The molecule has 4 heteroatoms. The number of nitrogens with one attached hydrogen (secondary N) is 1. The molecule has 4 aromatic rings. The first-order valence-corrected chi connectivity index (χ1v) is 6.84. The van der Waals surface area contributed by atoms with E-state index >= 15 is 0 Å². The predicted molar refractivity (Wildman–Crippen MR) is 81.9 cm³/mol. The Kier molecular flexibility index (Phi) is 2.00. The molecular weight excluding hydrogens is 256 g/mol. The Morgan fingerprint density at radius 3 is 2.79 bits per heavy atom. The van der Waals surface area contributed by atoms with Crippen molar-refractivity contribution in [3.63, 3.8) is 0 Å². The summed E-state index contributed by atoms with van der Waals surface area (Å²) < 4.78 is 0.960. The molecule has 2 heterocycles. The van der Waals surface area contributed by atoms with E-state index in [0.29, 0.717) is 11.1 Å². The monoisotopic (exact) mass is 266 g/mol. The zero-order valence-electron chi connectivity index (χ0n) is 9.94. The summed E-state index contributed by atoms with van der Waals surface area (Å²) in [6.45, 7) is 0. The third-order valence-corrected chi connectivity index (χ3v) is 4.49. The Labute approximate surface area is 112 Å². The van der Waals surface area contributed by atoms with Crippen molar-refractivity contribution in [1.29, 1.82) is 0 Å². The molecule has 0 amide bonds. The van der Waals surface area contributed by atoms with Crippen molar-refractivity contribution in [3.05, 3.63) is 52.1 Å². The molecule has 92 valence electrons. The third kappa shape index (κ3) is 1.34. The van der Waals surface area contributed by atoms with Gasteiger partial charge in [0.1, 0.15) is 0 Å². The van der Waals surface area contributed by atoms with Crippen LogP contribution in [-0.2, 0) is 0 Å². The fourth-order valence-electron chi connectivity index (χ4n) is 2.58. The number of hydrogen-bond acceptors (Lipinski definition) is 3. The van der Waals surface area contributed by atoms with Crippen LogP contribution in [0.3, 0.4) is 0 Å². The molecule has 0 radical (unpaired) electrons. The third-order valence-electron chi connectivity index (χ3n) is 3.46. The smallest absolute Gasteiger partial charge is 0.259 e. The van der Waals surface area contributed by atoms with Gasteiger partial charge in [0.25, 0.3) is 5.56 Å². The number of pyridine rings is 1. The van der Waals surface area contributed by atoms with Crippen LogP contribution in [0.5, 0.6) is 0 Å². The average Bonchev–Trinajstić information content (AvgIpc) is 2.82. The zero-order chi connectivity index (χ0) is 13.0. The molecule has 2 aromatic carbocycles. The molecule has 19 heavy (non-hydrogen) atoms. The van der Waals surface area contributed by atoms with Crippen LogP contribution in [-0.4, -0.2) is 4.98 Å². The van der Waals surface area contributed by atoms with E-state index in [4.69, 9.17) is 5.73 Å². The first-order valence-electron chi connectivity index (χ1n) is 5.96. The normalized spacial score (nSPS) is 11.6. The standard InChI is InChI=1S/C15H10N2OS/c16-11-7-19-14-10-6-5-8-3-1-2-4-9(8)13(10)17-15(18)12(11)14/h1-7H,16H2,(H,17,18). The Hall–Kier alpha value is -2.33. The summed E-state index contributed by atoms with van der Waals surface area (Å²) in [6, 6.07) is 12.2. The second-order valence-electron chi connectivity index (χ2n) is 4.56. The van der Waals surface area contributed by atoms with Crippen molar-refractivity contribution in [2.45, 2.75) is 0 Å². The zero-order valence-corrected chi connectivity index (χ0v) is 10.8. The van der Waals surface area contributed by atoms with Crippen LogP contribution in [0.1, 0.15) is 0 Å². The molecule has 2 aromatic heterocycles. The van der Waals surface area contributed by atoms with Crippen LogP contribution in [0, 0.1) is 0 Å². The highest BCUT2D eigenvalue weighted by Gasteiger charge is 2.11. The maximum Gasteiger partial charge on any atom is 0.259 e. The highest BCUT2D eigenvalue weighted by Crippen LogP contribution is 2.33. The molecule has 3 nitrogen and oxygen atoms in total. The van der Waals surface area contributed by atoms with Gasteiger partial charge in [-0.3, -0.25) is 4.79 Å². The van der Waals surface area contributed by atoms with Crippen molar-refractivity contribution in [1.82, 2.24) is 4.98 Å². The summed E-state index contributed by atoms with van der Waals surface area (Å²) in [5.41, 5.74) is 7.20. The molecular formula is C15H10N2OS. The number of thiophene rings is 1. The second-order valence-corrected chi connectivity index (χ2v) is 5.44. The maximum absolute atomic E-state index is 12.2. The van der Waals surface area contributed by atoms with Crippen molar-refractivity contribution < 1.29 is 0 Å². The number of nitrogens with two attached hydrogens (primary N) is 1. The van der Waals surface area contributed by atoms with Crippen molar-refractivity contribution >= 4 is 48.8 Å². The van der Waals surface area contributed by atoms with E-state index in [0.717, 1.165) is 26.4 Å². The van der Waals surface area contributed by atoms with Gasteiger partial charge in [0, 0.05) is 16.2 Å². The van der Waals surface area contributed by atoms with Gasteiger partial charge in [0.05, 0.1) is 21.3 Å². The lowest BCUT2D eigenvalue weighted by Gasteiger charge is -2.04. The fourth-order valence-corrected chi connectivity index (χ4v) is 3.56. The van der Waals surface area contributed by atoms with Gasteiger partial charge in [-0.25, -0.2) is 0 Å². The number of rotatable bonds is 0. The summed E-state index contributed by atoms with van der Waals surface area (Å²) in [6.07, 6.45) is 0. The molecule has 0 aliphatic rings. The van der Waals surface area contributed by atoms with Crippen molar-refractivity contribution in [3.8, 4) is 0 Å². The minimum atomic E-state index is -0.113. The van der Waals surface area contributed by atoms with Gasteiger partial charge in [-0.15, -0.1) is 11.3 Å². The molecule has 0 bridgehead atoms. The van der Waals surface area contributed by atoms with Gasteiger partial charge in [0.15, 0.2) is 0 Å². The number of nitrogen functional groups attached to an aromatic ring is 1. The quantitative estimate of drug-likeness (QED) is 0.479. The van der Waals surface area contributed by atoms with E-state index in [2.05, 4.69) is 11.1 Å². The summed E-state index contributed by atoms with van der Waals surface area (Å²) in [5, 5.41) is 5.66. The number of aromatic amines is 1. The number of fused-ring (bicyclic) bond motifs is 5. The Morgan fingerprint density at radius 2 is 1.89 bits per heavy atom. The summed E-state index contributed by atoms with van der Waals surface area (Å²) in [7, 11) is 0. The van der Waals surface area contributed by atoms with Gasteiger partial charge in [0.2, 0.25) is 0 Å². The van der Waals surface area contributed by atoms with Crippen LogP contribution in [0.4, 0.5) is 5.69 Å². The number of benzene rings is 2. The lowest BCUT2D eigenvalue weighted by Crippen LogP contribution is -2.06. The molecule has 0 spiro atoms. The Morgan fingerprint density at radius 1 is 1.05 bits per heavy atom. The van der Waals surface area contributed by atoms with Crippen LogP contribution in [0.25, 0.3) is 31.8 Å². The summed E-state index contributed by atoms with van der Waals surface area (Å²) >= 11 is 1.52. The SMILES string of the molecule is Nc1csc2c1c(=O)[nH]c1c3ccccc3ccc12. The van der Waals surface area contributed by atoms with E-state index in [9.17, 15) is 4.79 Å². The average molecular weight is 266 g/mol. The van der Waals surface area contributed by atoms with Gasteiger partial charge in [-0.2, -0.15) is 0 Å². The topological polar surface area (TPSA) is 58.9 Å². The van der Waals surface area contributed by atoms with E-state index in [-0.39, 0.29) is 5.56 Å². The van der Waals surface area contributed by atoms with E-state index in [1.807, 2.05) is 35.7 Å². The van der Waals surface area contributed by atoms with E-state index in [1.54, 1.807) is 0 Å². The fraction of sp³-hybridized carbons (Fsp3) is 0. The van der Waals surface area contributed by atoms with Gasteiger partial charge in [-0.05, 0) is 5.39 Å². The predicted octanol–water partition coefficient (Wildman–Crippen LogP) is 3.48. The maximum atomic E-state index is 12.2. The minimum absolute atomic E-state index is 0.113. The molecule has 0 fully saturated rings. The van der Waals surface area contributed by atoms with Gasteiger partial charge < -0.3 is 10.7 Å². The van der Waals surface area contributed by atoms with Crippen LogP contribution in [0.2, 0.25) is 0 Å². The first-order chi connectivity index (χ1) is 9.25. The van der Waals surface area contributed by atoms with Gasteiger partial charge >= 0.3 is 0 Å². The minimum Gasteiger partial charge on any atom is -0.397 e. The van der Waals surface area contributed by atoms with Crippen molar-refractivity contribution in [2.24, 2.45) is 0 Å². The highest BCUT2D eigenvalue weighted by atomic mass is 32.1. The number of H-pyrrole nitrogens is 1. The second kappa shape index (κ2) is 3.59. The number of anilines is 1. The molecule has 0 aliphatic carbocycles. The molecule has 0 atom stereocenters. The molecule has 0 aliphatic heterocycles. The Bertz CT molecular complexity index is 997. The number of hydrogen-bond donors (Lipinski definition) is 2. The largest absolute Gasteiger partial charge is 0.397 e. The van der Waals surface area contributed by atoms with Crippen molar-refractivity contribution in [2.75, 3.05) is 5.73 Å². The molecule has 4 rings (SSSR count). The lowest BCUT2D eigenvalue weighted by atomic mass is 10.1. The van der Waals surface area contributed by atoms with Crippen LogP contribution in [0.15, 0.2) is 46.6 Å². The van der Waals surface area contributed by atoms with Crippen LogP contribution >= 0.6 is 11.3 Å². The summed E-state index contributed by atoms with van der Waals surface area (Å²) in [4.78, 5) is 15.2. The molecule has 3 N–H and O–H groups in total. The number of aromatic nitrogens is 1. The van der Waals surface area contributed by atoms with E-state index in [1.165, 1.54) is 11.3 Å². The van der Waals surface area contributed by atoms with Crippen LogP contribution < -0.4 is 11.3 Å². The van der Waals surface area contributed by atoms with E-state index < -0.39 is 0 Å². The summed E-state index contributed by atoms with van der Waals surface area (Å²) in [5.74, 6) is 0. The molecule has 0 unspecified atom stereocenters. The van der Waals surface area contributed by atoms with Gasteiger partial charge in [-0.1, -0.05) is 36.4 Å². The lowest BCUT2D eigenvalue weighted by molar-refractivity contribution is 1.36. The highest BCUT2D eigenvalue weighted by molar-refractivity contribution is 7.18.